The molecule has 8 heteroatoms. The van der Waals surface area contributed by atoms with Gasteiger partial charge in [0.1, 0.15) is 11.3 Å². The van der Waals surface area contributed by atoms with E-state index in [0.717, 1.165) is 23.8 Å². The molecule has 0 aliphatic carbocycles. The fourth-order valence-electron chi connectivity index (χ4n) is 2.52. The van der Waals surface area contributed by atoms with Crippen LogP contribution in [0.25, 0.3) is 11.1 Å². The van der Waals surface area contributed by atoms with Crippen molar-refractivity contribution >= 4 is 17.3 Å². The third-order valence-electron chi connectivity index (χ3n) is 3.78. The summed E-state index contributed by atoms with van der Waals surface area (Å²) in [5.74, 6) is -0.749. The number of para-hydroxylation sites is 1. The second-order valence-corrected chi connectivity index (χ2v) is 5.47. The van der Waals surface area contributed by atoms with E-state index >= 15 is 0 Å². The molecule has 0 fully saturated rings. The predicted octanol–water partition coefficient (Wildman–Crippen LogP) is 4.39. The highest BCUT2D eigenvalue weighted by molar-refractivity contribution is 5.96. The summed E-state index contributed by atoms with van der Waals surface area (Å²) < 4.78 is 5.36. The van der Waals surface area contributed by atoms with Gasteiger partial charge in [-0.1, -0.05) is 48.5 Å². The first-order chi connectivity index (χ1) is 13.0. The Kier molecular flexibility index (Phi) is 4.89. The number of non-ortho nitro benzene ring substituents is 1. The van der Waals surface area contributed by atoms with Crippen molar-refractivity contribution in [3.05, 3.63) is 98.6 Å². The number of ether oxygens (including phenoxy) is 1. The minimum absolute atomic E-state index is 0.223. The van der Waals surface area contributed by atoms with E-state index in [2.05, 4.69) is 0 Å². The topological polar surface area (TPSA) is 113 Å². The van der Waals surface area contributed by atoms with Gasteiger partial charge in [-0.25, -0.2) is 4.79 Å². The van der Waals surface area contributed by atoms with Gasteiger partial charge in [-0.15, -0.1) is 0 Å². The number of carbonyl (C=O) groups is 1. The molecule has 134 valence electrons. The fraction of sp³-hybridized carbons (Fsp3) is 0. The van der Waals surface area contributed by atoms with Crippen LogP contribution >= 0.6 is 0 Å². The Morgan fingerprint density at radius 3 is 2.15 bits per heavy atom. The van der Waals surface area contributed by atoms with Gasteiger partial charge in [-0.3, -0.25) is 20.2 Å². The number of nitro benzene ring substituents is 2. The van der Waals surface area contributed by atoms with E-state index in [4.69, 9.17) is 4.74 Å². The smallest absolute Gasteiger partial charge is 0.350 e. The minimum atomic E-state index is -0.972. The quantitative estimate of drug-likeness (QED) is 0.287. The first kappa shape index (κ1) is 17.7. The molecule has 0 unspecified atom stereocenters. The van der Waals surface area contributed by atoms with E-state index in [1.807, 2.05) is 30.3 Å². The number of carbonyl (C=O) groups excluding carboxylic acids is 1. The average Bonchev–Trinajstić information content (AvgIpc) is 2.68. The summed E-state index contributed by atoms with van der Waals surface area (Å²) in [6.45, 7) is 0. The van der Waals surface area contributed by atoms with E-state index in [0.29, 0.717) is 5.56 Å². The molecule has 0 aliphatic rings. The maximum Gasteiger partial charge on any atom is 0.350 e. The molecular formula is C19H12N2O6. The van der Waals surface area contributed by atoms with Gasteiger partial charge >= 0.3 is 5.97 Å². The molecule has 0 aromatic heterocycles. The van der Waals surface area contributed by atoms with Crippen molar-refractivity contribution in [1.29, 1.82) is 0 Å². The highest BCUT2D eigenvalue weighted by Crippen LogP contribution is 2.31. The number of hydrogen-bond acceptors (Lipinski definition) is 6. The average molecular weight is 364 g/mol. The molecule has 0 saturated heterocycles. The summed E-state index contributed by atoms with van der Waals surface area (Å²) in [6.07, 6.45) is 0. The van der Waals surface area contributed by atoms with Crippen molar-refractivity contribution in [3.63, 3.8) is 0 Å². The van der Waals surface area contributed by atoms with Crippen LogP contribution in [-0.4, -0.2) is 15.8 Å². The third-order valence-corrected chi connectivity index (χ3v) is 3.78. The normalized spacial score (nSPS) is 10.2. The van der Waals surface area contributed by atoms with Gasteiger partial charge in [0.25, 0.3) is 11.4 Å². The molecule has 0 heterocycles. The number of nitro groups is 2. The SMILES string of the molecule is O=C(Oc1ccccc1-c1ccccc1)c1ccc([N+](=O)[O-])cc1[N+](=O)[O-]. The zero-order valence-electron chi connectivity index (χ0n) is 13.8. The summed E-state index contributed by atoms with van der Waals surface area (Å²) in [5, 5.41) is 22.0. The summed E-state index contributed by atoms with van der Waals surface area (Å²) in [7, 11) is 0. The molecule has 0 radical (unpaired) electrons. The molecule has 0 atom stereocenters. The van der Waals surface area contributed by atoms with Crippen molar-refractivity contribution in [1.82, 2.24) is 0 Å². The third kappa shape index (κ3) is 3.79. The largest absolute Gasteiger partial charge is 0.422 e. The number of rotatable bonds is 5. The number of nitrogens with zero attached hydrogens (tertiary/aromatic N) is 2. The number of hydrogen-bond donors (Lipinski definition) is 0. The van der Waals surface area contributed by atoms with Crippen LogP contribution in [0.15, 0.2) is 72.8 Å². The van der Waals surface area contributed by atoms with Gasteiger partial charge in [-0.2, -0.15) is 0 Å². The van der Waals surface area contributed by atoms with Crippen LogP contribution < -0.4 is 4.74 Å². The lowest BCUT2D eigenvalue weighted by atomic mass is 10.0. The zero-order valence-corrected chi connectivity index (χ0v) is 13.8. The Hall–Kier alpha value is -4.07. The van der Waals surface area contributed by atoms with E-state index in [-0.39, 0.29) is 11.3 Å². The highest BCUT2D eigenvalue weighted by Gasteiger charge is 2.26. The van der Waals surface area contributed by atoms with Crippen LogP contribution in [0.5, 0.6) is 5.75 Å². The van der Waals surface area contributed by atoms with Crippen LogP contribution in [0.1, 0.15) is 10.4 Å². The molecule has 0 aliphatic heterocycles. The van der Waals surface area contributed by atoms with E-state index in [9.17, 15) is 25.0 Å². The predicted molar refractivity (Wildman–Crippen MR) is 96.6 cm³/mol. The molecule has 27 heavy (non-hydrogen) atoms. The standard InChI is InChI=1S/C19H12N2O6/c22-19(16-11-10-14(20(23)24)12-17(16)21(25)26)27-18-9-5-4-8-15(18)13-6-2-1-3-7-13/h1-12H. The highest BCUT2D eigenvalue weighted by atomic mass is 16.6. The van der Waals surface area contributed by atoms with Crippen LogP contribution in [0.3, 0.4) is 0 Å². The molecule has 3 rings (SSSR count). The van der Waals surface area contributed by atoms with E-state index in [1.165, 1.54) is 0 Å². The number of benzene rings is 3. The molecule has 3 aromatic carbocycles. The molecule has 0 N–H and O–H groups in total. The van der Waals surface area contributed by atoms with Crippen LogP contribution in [-0.2, 0) is 0 Å². The molecule has 8 nitrogen and oxygen atoms in total. The van der Waals surface area contributed by atoms with Crippen LogP contribution in [0, 0.1) is 20.2 Å². The first-order valence-electron chi connectivity index (χ1n) is 7.77. The fourth-order valence-corrected chi connectivity index (χ4v) is 2.52. The summed E-state index contributed by atoms with van der Waals surface area (Å²) in [6, 6.07) is 18.7. The Morgan fingerprint density at radius 2 is 1.48 bits per heavy atom. The second-order valence-electron chi connectivity index (χ2n) is 5.47. The lowest BCUT2D eigenvalue weighted by Gasteiger charge is -2.10. The molecular weight excluding hydrogens is 352 g/mol. The maximum atomic E-state index is 12.5. The Balaban J connectivity index is 1.98. The molecule has 0 saturated carbocycles. The van der Waals surface area contributed by atoms with E-state index < -0.39 is 27.2 Å². The van der Waals surface area contributed by atoms with Crippen molar-refractivity contribution in [2.24, 2.45) is 0 Å². The Labute approximate surface area is 152 Å². The van der Waals surface area contributed by atoms with Crippen molar-refractivity contribution in [3.8, 4) is 16.9 Å². The number of esters is 1. The van der Waals surface area contributed by atoms with Crippen molar-refractivity contribution in [2.75, 3.05) is 0 Å². The monoisotopic (exact) mass is 364 g/mol. The molecule has 0 spiro atoms. The van der Waals surface area contributed by atoms with Crippen LogP contribution in [0.2, 0.25) is 0 Å². The maximum absolute atomic E-state index is 12.5. The molecule has 0 bridgehead atoms. The van der Waals surface area contributed by atoms with Gasteiger partial charge in [0.05, 0.1) is 15.9 Å². The summed E-state index contributed by atoms with van der Waals surface area (Å²) in [4.78, 5) is 32.9. The van der Waals surface area contributed by atoms with Gasteiger partial charge in [0.15, 0.2) is 0 Å². The lowest BCUT2D eigenvalue weighted by Crippen LogP contribution is -2.12. The molecule has 3 aromatic rings. The van der Waals surface area contributed by atoms with Gasteiger partial charge in [0.2, 0.25) is 0 Å². The van der Waals surface area contributed by atoms with Crippen LogP contribution in [0.4, 0.5) is 11.4 Å². The van der Waals surface area contributed by atoms with E-state index in [1.54, 1.807) is 24.3 Å². The van der Waals surface area contributed by atoms with Crippen molar-refractivity contribution in [2.45, 2.75) is 0 Å². The summed E-state index contributed by atoms with van der Waals surface area (Å²) in [5.41, 5.74) is -0.0992. The van der Waals surface area contributed by atoms with Gasteiger partial charge < -0.3 is 4.74 Å². The zero-order chi connectivity index (χ0) is 19.4. The van der Waals surface area contributed by atoms with Gasteiger partial charge in [0, 0.05) is 11.6 Å². The minimum Gasteiger partial charge on any atom is -0.422 e. The summed E-state index contributed by atoms with van der Waals surface area (Å²) >= 11 is 0. The first-order valence-corrected chi connectivity index (χ1v) is 7.77. The molecule has 0 amide bonds. The Bertz CT molecular complexity index is 1030. The Morgan fingerprint density at radius 1 is 0.815 bits per heavy atom. The lowest BCUT2D eigenvalue weighted by molar-refractivity contribution is -0.394. The van der Waals surface area contributed by atoms with Crippen molar-refractivity contribution < 1.29 is 19.4 Å². The second kappa shape index (κ2) is 7.44. The van der Waals surface area contributed by atoms with Gasteiger partial charge in [-0.05, 0) is 17.7 Å².